The van der Waals surface area contributed by atoms with E-state index in [2.05, 4.69) is 9.88 Å². The Hall–Kier alpha value is -2.91. The van der Waals surface area contributed by atoms with E-state index < -0.39 is 10.0 Å². The van der Waals surface area contributed by atoms with Crippen molar-refractivity contribution in [2.75, 3.05) is 31.0 Å². The molecule has 1 saturated heterocycles. The molecule has 0 aliphatic carbocycles. The van der Waals surface area contributed by atoms with E-state index >= 15 is 0 Å². The van der Waals surface area contributed by atoms with Crippen molar-refractivity contribution < 1.29 is 22.5 Å². The van der Waals surface area contributed by atoms with Crippen molar-refractivity contribution in [3.63, 3.8) is 0 Å². The molecule has 1 aliphatic rings. The number of nitrogens with one attached hydrogen (secondary N) is 1. The predicted octanol–water partition coefficient (Wildman–Crippen LogP) is 2.66. The van der Waals surface area contributed by atoms with Crippen LogP contribution in [0.3, 0.4) is 0 Å². The molecule has 1 N–H and O–H groups in total. The molecule has 29 heavy (non-hydrogen) atoms. The van der Waals surface area contributed by atoms with Crippen LogP contribution in [0.25, 0.3) is 11.0 Å². The fraction of sp³-hybridized carbons (Fsp3) is 0.300. The van der Waals surface area contributed by atoms with Crippen LogP contribution in [0.2, 0.25) is 0 Å². The summed E-state index contributed by atoms with van der Waals surface area (Å²) in [4.78, 5) is 14.4. The van der Waals surface area contributed by atoms with E-state index in [1.807, 2.05) is 13.0 Å². The monoisotopic (exact) mass is 415 g/mol. The van der Waals surface area contributed by atoms with Crippen LogP contribution in [0, 0.1) is 0 Å². The number of aryl methyl sites for hydroxylation is 1. The lowest BCUT2D eigenvalue weighted by atomic mass is 10.1. The van der Waals surface area contributed by atoms with Crippen LogP contribution in [-0.4, -0.2) is 50.7 Å². The first-order valence-electron chi connectivity index (χ1n) is 9.36. The summed E-state index contributed by atoms with van der Waals surface area (Å²) in [5, 5.41) is 4.25. The molecule has 1 aromatic heterocycles. The first-order valence-corrected chi connectivity index (χ1v) is 10.8. The van der Waals surface area contributed by atoms with Gasteiger partial charge in [0.25, 0.3) is 15.9 Å². The minimum absolute atomic E-state index is 0.0335. The van der Waals surface area contributed by atoms with Crippen LogP contribution in [0.5, 0.6) is 0 Å². The number of anilines is 1. The van der Waals surface area contributed by atoms with E-state index in [-0.39, 0.29) is 16.5 Å². The van der Waals surface area contributed by atoms with Crippen LogP contribution in [0.1, 0.15) is 23.0 Å². The highest BCUT2D eigenvalue weighted by Crippen LogP contribution is 2.25. The van der Waals surface area contributed by atoms with Crippen LogP contribution in [0.15, 0.2) is 51.9 Å². The van der Waals surface area contributed by atoms with Crippen LogP contribution in [0.4, 0.5) is 5.69 Å². The molecule has 0 unspecified atom stereocenters. The smallest absolute Gasteiger partial charge is 0.276 e. The highest BCUT2D eigenvalue weighted by Gasteiger charge is 2.25. The summed E-state index contributed by atoms with van der Waals surface area (Å²) in [6.45, 7) is 3.84. The van der Waals surface area contributed by atoms with Gasteiger partial charge in [0, 0.05) is 18.8 Å². The fourth-order valence-corrected chi connectivity index (χ4v) is 4.30. The van der Waals surface area contributed by atoms with Crippen molar-refractivity contribution in [3.05, 3.63) is 53.7 Å². The molecule has 1 amide bonds. The lowest BCUT2D eigenvalue weighted by molar-refractivity contribution is 0.0297. The quantitative estimate of drug-likeness (QED) is 0.687. The van der Waals surface area contributed by atoms with E-state index in [0.29, 0.717) is 43.0 Å². The summed E-state index contributed by atoms with van der Waals surface area (Å²) in [6.07, 6.45) is 0.801. The number of fused-ring (bicyclic) bond motifs is 1. The maximum Gasteiger partial charge on any atom is 0.276 e. The summed E-state index contributed by atoms with van der Waals surface area (Å²) < 4.78 is 38.8. The molecule has 4 rings (SSSR count). The Morgan fingerprint density at radius 3 is 2.72 bits per heavy atom. The first-order chi connectivity index (χ1) is 14.0. The Morgan fingerprint density at radius 1 is 1.17 bits per heavy atom. The average Bonchev–Trinajstić information content (AvgIpc) is 3.17. The molecule has 9 heteroatoms. The van der Waals surface area contributed by atoms with Gasteiger partial charge >= 0.3 is 0 Å². The maximum atomic E-state index is 12.9. The van der Waals surface area contributed by atoms with Gasteiger partial charge in [-0.25, -0.2) is 8.42 Å². The van der Waals surface area contributed by atoms with Gasteiger partial charge in [-0.15, -0.1) is 0 Å². The fourth-order valence-electron chi connectivity index (χ4n) is 3.22. The number of hydrogen-bond donors (Lipinski definition) is 1. The van der Waals surface area contributed by atoms with Gasteiger partial charge in [0.1, 0.15) is 0 Å². The number of carbonyl (C=O) groups is 1. The third-order valence-electron chi connectivity index (χ3n) is 4.84. The highest BCUT2D eigenvalue weighted by molar-refractivity contribution is 7.92. The SMILES string of the molecule is CCc1cccc(NS(=O)(=O)c2ccc3onc(C(=O)N4CCOCC4)c3c2)c1. The second kappa shape index (κ2) is 7.84. The van der Waals surface area contributed by atoms with Gasteiger partial charge < -0.3 is 14.2 Å². The maximum absolute atomic E-state index is 12.9. The third kappa shape index (κ3) is 3.96. The molecule has 0 bridgehead atoms. The number of nitrogens with zero attached hydrogens (tertiary/aromatic N) is 2. The molecule has 0 saturated carbocycles. The molecule has 8 nitrogen and oxygen atoms in total. The third-order valence-corrected chi connectivity index (χ3v) is 6.22. The number of rotatable bonds is 5. The summed E-state index contributed by atoms with van der Waals surface area (Å²) >= 11 is 0. The van der Waals surface area contributed by atoms with Crippen molar-refractivity contribution in [2.24, 2.45) is 0 Å². The van der Waals surface area contributed by atoms with Gasteiger partial charge in [-0.05, 0) is 42.3 Å². The van der Waals surface area contributed by atoms with E-state index in [1.165, 1.54) is 18.2 Å². The summed E-state index contributed by atoms with van der Waals surface area (Å²) in [5.41, 5.74) is 1.97. The second-order valence-corrected chi connectivity index (χ2v) is 8.44. The van der Waals surface area contributed by atoms with Gasteiger partial charge in [-0.2, -0.15) is 0 Å². The number of benzene rings is 2. The molecule has 0 atom stereocenters. The normalized spacial score (nSPS) is 14.9. The number of morpholine rings is 1. The number of aromatic nitrogens is 1. The minimum Gasteiger partial charge on any atom is -0.378 e. The number of ether oxygens (including phenoxy) is 1. The molecule has 3 aromatic rings. The Kier molecular flexibility index (Phi) is 5.25. The van der Waals surface area contributed by atoms with Crippen molar-refractivity contribution in [2.45, 2.75) is 18.2 Å². The van der Waals surface area contributed by atoms with Crippen molar-refractivity contribution in [1.29, 1.82) is 0 Å². The second-order valence-electron chi connectivity index (χ2n) is 6.75. The topological polar surface area (TPSA) is 102 Å². The number of sulfonamides is 1. The van der Waals surface area contributed by atoms with Gasteiger partial charge in [0.05, 0.1) is 23.5 Å². The zero-order valence-corrected chi connectivity index (χ0v) is 16.7. The molecule has 1 fully saturated rings. The first kappa shape index (κ1) is 19.4. The Bertz CT molecular complexity index is 1150. The molecule has 0 spiro atoms. The zero-order valence-electron chi connectivity index (χ0n) is 15.9. The lowest BCUT2D eigenvalue weighted by Gasteiger charge is -2.25. The largest absolute Gasteiger partial charge is 0.378 e. The average molecular weight is 415 g/mol. The van der Waals surface area contributed by atoms with Crippen molar-refractivity contribution in [1.82, 2.24) is 10.1 Å². The molecule has 0 radical (unpaired) electrons. The highest BCUT2D eigenvalue weighted by atomic mass is 32.2. The molecular formula is C20H21N3O5S. The zero-order chi connectivity index (χ0) is 20.4. The Morgan fingerprint density at radius 2 is 1.97 bits per heavy atom. The van der Waals surface area contributed by atoms with Gasteiger partial charge in [0.2, 0.25) is 0 Å². The van der Waals surface area contributed by atoms with Crippen LogP contribution >= 0.6 is 0 Å². The molecule has 152 valence electrons. The van der Waals surface area contributed by atoms with E-state index in [9.17, 15) is 13.2 Å². The molecule has 1 aliphatic heterocycles. The molecule has 2 aromatic carbocycles. The van der Waals surface area contributed by atoms with Crippen LogP contribution in [-0.2, 0) is 21.2 Å². The van der Waals surface area contributed by atoms with Crippen molar-refractivity contribution in [3.8, 4) is 0 Å². The van der Waals surface area contributed by atoms with E-state index in [1.54, 1.807) is 23.1 Å². The standard InChI is InChI=1S/C20H21N3O5S/c1-2-14-4-3-5-15(12-14)22-29(25,26)16-6-7-18-17(13-16)19(21-28-18)20(24)23-8-10-27-11-9-23/h3-7,12-13,22H,2,8-11H2,1H3. The number of amides is 1. The summed E-state index contributed by atoms with van der Waals surface area (Å²) in [6, 6.07) is 11.6. The van der Waals surface area contributed by atoms with Crippen LogP contribution < -0.4 is 4.72 Å². The Balaban J connectivity index is 1.66. The number of carbonyl (C=O) groups excluding carboxylic acids is 1. The number of hydrogen-bond acceptors (Lipinski definition) is 6. The summed E-state index contributed by atoms with van der Waals surface area (Å²) in [7, 11) is -3.84. The van der Waals surface area contributed by atoms with E-state index in [4.69, 9.17) is 9.26 Å². The van der Waals surface area contributed by atoms with Gasteiger partial charge in [0.15, 0.2) is 11.3 Å². The molecular weight excluding hydrogens is 394 g/mol. The van der Waals surface area contributed by atoms with E-state index in [0.717, 1.165) is 12.0 Å². The Labute approximate surface area is 168 Å². The van der Waals surface area contributed by atoms with Crippen molar-refractivity contribution >= 4 is 32.6 Å². The van der Waals surface area contributed by atoms with Gasteiger partial charge in [-0.3, -0.25) is 9.52 Å². The minimum atomic E-state index is -3.84. The van der Waals surface area contributed by atoms with Gasteiger partial charge in [-0.1, -0.05) is 24.2 Å². The summed E-state index contributed by atoms with van der Waals surface area (Å²) in [5.74, 6) is -0.301. The molecule has 2 heterocycles. The predicted molar refractivity (Wildman–Crippen MR) is 107 cm³/mol. The lowest BCUT2D eigenvalue weighted by Crippen LogP contribution is -2.40.